The molecule has 0 aliphatic rings. The Labute approximate surface area is 111 Å². The molecule has 1 rings (SSSR count). The fourth-order valence-corrected chi connectivity index (χ4v) is 1.95. The number of carbonyl (C=O) groups excluding carboxylic acids is 1. The van der Waals surface area contributed by atoms with Gasteiger partial charge in [0.1, 0.15) is 0 Å². The van der Waals surface area contributed by atoms with E-state index < -0.39 is 0 Å². The van der Waals surface area contributed by atoms with Crippen molar-refractivity contribution in [3.8, 4) is 0 Å². The van der Waals surface area contributed by atoms with Crippen LogP contribution in [-0.4, -0.2) is 23.4 Å². The number of hydrogen-bond donors (Lipinski definition) is 0. The number of nitrogens with zero attached hydrogens (tertiary/aromatic N) is 1. The number of rotatable bonds is 3. The summed E-state index contributed by atoms with van der Waals surface area (Å²) in [5, 5.41) is 0. The molecule has 2 nitrogen and oxygen atoms in total. The van der Waals surface area contributed by atoms with Gasteiger partial charge in [-0.15, -0.1) is 0 Å². The average Bonchev–Trinajstić information content (AvgIpc) is 2.27. The minimum Gasteiger partial charge on any atom is -0.337 e. The summed E-state index contributed by atoms with van der Waals surface area (Å²) in [6.45, 7) is 6.27. The van der Waals surface area contributed by atoms with Gasteiger partial charge in [0, 0.05) is 16.2 Å². The Kier molecular flexibility index (Phi) is 4.35. The van der Waals surface area contributed by atoms with Gasteiger partial charge in [0.2, 0.25) is 0 Å². The maximum Gasteiger partial charge on any atom is 0.255 e. The SMILES string of the molecule is CCC(C)(C)N(C)C(=O)c1ccccc1I. The molecule has 3 heteroatoms. The van der Waals surface area contributed by atoms with Crippen LogP contribution in [0, 0.1) is 3.57 Å². The summed E-state index contributed by atoms with van der Waals surface area (Å²) < 4.78 is 1.00. The number of amides is 1. The predicted octanol–water partition coefficient (Wildman–Crippen LogP) is 3.55. The van der Waals surface area contributed by atoms with E-state index in [1.165, 1.54) is 0 Å². The lowest BCUT2D eigenvalue weighted by Crippen LogP contribution is -2.44. The van der Waals surface area contributed by atoms with Crippen LogP contribution in [0.5, 0.6) is 0 Å². The summed E-state index contributed by atoms with van der Waals surface area (Å²) in [5.74, 6) is 0.0943. The molecule has 16 heavy (non-hydrogen) atoms. The van der Waals surface area contributed by atoms with Crippen molar-refractivity contribution in [1.29, 1.82) is 0 Å². The molecule has 0 heterocycles. The first-order valence-electron chi connectivity index (χ1n) is 5.43. The monoisotopic (exact) mass is 331 g/mol. The number of benzene rings is 1. The molecule has 0 saturated carbocycles. The van der Waals surface area contributed by atoms with E-state index in [2.05, 4.69) is 43.4 Å². The maximum atomic E-state index is 12.3. The quantitative estimate of drug-likeness (QED) is 0.776. The van der Waals surface area contributed by atoms with Gasteiger partial charge in [-0.1, -0.05) is 19.1 Å². The zero-order valence-electron chi connectivity index (χ0n) is 10.2. The standard InChI is InChI=1S/C13H18INO/c1-5-13(2,3)15(4)12(16)10-8-6-7-9-11(10)14/h6-9H,5H2,1-4H3. The molecule has 0 aliphatic heterocycles. The van der Waals surface area contributed by atoms with Gasteiger partial charge in [-0.2, -0.15) is 0 Å². The topological polar surface area (TPSA) is 20.3 Å². The van der Waals surface area contributed by atoms with Crippen molar-refractivity contribution in [2.45, 2.75) is 32.7 Å². The first kappa shape index (κ1) is 13.5. The zero-order chi connectivity index (χ0) is 12.3. The molecule has 1 amide bonds. The molecule has 0 bridgehead atoms. The fourth-order valence-electron chi connectivity index (χ4n) is 1.33. The number of hydrogen-bond acceptors (Lipinski definition) is 1. The third kappa shape index (κ3) is 2.75. The van der Waals surface area contributed by atoms with Crippen molar-refractivity contribution in [3.05, 3.63) is 33.4 Å². The molecule has 0 atom stereocenters. The van der Waals surface area contributed by atoms with E-state index in [0.717, 1.165) is 15.6 Å². The third-order valence-electron chi connectivity index (χ3n) is 3.18. The van der Waals surface area contributed by atoms with Gasteiger partial charge in [0.15, 0.2) is 0 Å². The van der Waals surface area contributed by atoms with Crippen LogP contribution in [0.15, 0.2) is 24.3 Å². The van der Waals surface area contributed by atoms with E-state index in [1.54, 1.807) is 0 Å². The van der Waals surface area contributed by atoms with Crippen LogP contribution in [0.3, 0.4) is 0 Å². The highest BCUT2D eigenvalue weighted by molar-refractivity contribution is 14.1. The molecule has 0 aromatic heterocycles. The van der Waals surface area contributed by atoms with Crippen LogP contribution in [0.4, 0.5) is 0 Å². The minimum absolute atomic E-state index is 0.0943. The van der Waals surface area contributed by atoms with E-state index in [1.807, 2.05) is 36.2 Å². The fraction of sp³-hybridized carbons (Fsp3) is 0.462. The molecule has 0 unspecified atom stereocenters. The van der Waals surface area contributed by atoms with Gasteiger partial charge in [0.05, 0.1) is 5.56 Å². The summed E-state index contributed by atoms with van der Waals surface area (Å²) in [6, 6.07) is 7.69. The minimum atomic E-state index is -0.101. The van der Waals surface area contributed by atoms with E-state index >= 15 is 0 Å². The van der Waals surface area contributed by atoms with Crippen LogP contribution in [0.25, 0.3) is 0 Å². The lowest BCUT2D eigenvalue weighted by molar-refractivity contribution is 0.0619. The smallest absolute Gasteiger partial charge is 0.255 e. The summed E-state index contributed by atoms with van der Waals surface area (Å²) in [6.07, 6.45) is 0.943. The molecule has 1 aromatic rings. The van der Waals surface area contributed by atoms with Crippen LogP contribution < -0.4 is 0 Å². The molecule has 0 aliphatic carbocycles. The lowest BCUT2D eigenvalue weighted by atomic mass is 9.99. The Bertz CT molecular complexity index is 387. The van der Waals surface area contributed by atoms with Gasteiger partial charge in [-0.3, -0.25) is 4.79 Å². The second-order valence-corrected chi connectivity index (χ2v) is 5.67. The number of halogens is 1. The lowest BCUT2D eigenvalue weighted by Gasteiger charge is -2.35. The summed E-state index contributed by atoms with van der Waals surface area (Å²) in [4.78, 5) is 14.1. The molecule has 0 saturated heterocycles. The second-order valence-electron chi connectivity index (χ2n) is 4.51. The van der Waals surface area contributed by atoms with Crippen molar-refractivity contribution in [3.63, 3.8) is 0 Å². The van der Waals surface area contributed by atoms with Crippen LogP contribution in [-0.2, 0) is 0 Å². The molecule has 0 spiro atoms. The highest BCUT2D eigenvalue weighted by Gasteiger charge is 2.27. The van der Waals surface area contributed by atoms with Crippen molar-refractivity contribution in [2.24, 2.45) is 0 Å². The predicted molar refractivity (Wildman–Crippen MR) is 75.6 cm³/mol. The average molecular weight is 331 g/mol. The Morgan fingerprint density at radius 2 is 1.94 bits per heavy atom. The molecule has 0 N–H and O–H groups in total. The van der Waals surface area contributed by atoms with E-state index in [9.17, 15) is 4.79 Å². The first-order chi connectivity index (χ1) is 7.40. The molecular weight excluding hydrogens is 313 g/mol. The Hall–Kier alpha value is -0.580. The van der Waals surface area contributed by atoms with Gasteiger partial charge in [0.25, 0.3) is 5.91 Å². The van der Waals surface area contributed by atoms with Crippen LogP contribution >= 0.6 is 22.6 Å². The van der Waals surface area contributed by atoms with E-state index in [0.29, 0.717) is 0 Å². The molecule has 88 valence electrons. The molecular formula is C13H18INO. The van der Waals surface area contributed by atoms with Crippen molar-refractivity contribution in [1.82, 2.24) is 4.90 Å². The second kappa shape index (κ2) is 5.17. The number of carbonyl (C=O) groups is 1. The van der Waals surface area contributed by atoms with Gasteiger partial charge in [-0.05, 0) is 55.0 Å². The van der Waals surface area contributed by atoms with Crippen LogP contribution in [0.2, 0.25) is 0 Å². The summed E-state index contributed by atoms with van der Waals surface area (Å²) >= 11 is 2.20. The maximum absolute atomic E-state index is 12.3. The van der Waals surface area contributed by atoms with E-state index in [-0.39, 0.29) is 11.4 Å². The first-order valence-corrected chi connectivity index (χ1v) is 6.50. The normalized spacial score (nSPS) is 11.3. The van der Waals surface area contributed by atoms with Crippen molar-refractivity contribution in [2.75, 3.05) is 7.05 Å². The third-order valence-corrected chi connectivity index (χ3v) is 4.12. The highest BCUT2D eigenvalue weighted by atomic mass is 127. The Balaban J connectivity index is 3.00. The molecule has 1 aromatic carbocycles. The van der Waals surface area contributed by atoms with Crippen molar-refractivity contribution >= 4 is 28.5 Å². The van der Waals surface area contributed by atoms with Gasteiger partial charge >= 0.3 is 0 Å². The van der Waals surface area contributed by atoms with Crippen LogP contribution in [0.1, 0.15) is 37.6 Å². The van der Waals surface area contributed by atoms with Gasteiger partial charge in [-0.25, -0.2) is 0 Å². The summed E-state index contributed by atoms with van der Waals surface area (Å²) in [5.41, 5.74) is 0.683. The molecule has 0 fully saturated rings. The van der Waals surface area contributed by atoms with Gasteiger partial charge < -0.3 is 4.90 Å². The van der Waals surface area contributed by atoms with E-state index in [4.69, 9.17) is 0 Å². The zero-order valence-corrected chi connectivity index (χ0v) is 12.4. The Morgan fingerprint density at radius 1 is 1.38 bits per heavy atom. The Morgan fingerprint density at radius 3 is 2.44 bits per heavy atom. The summed E-state index contributed by atoms with van der Waals surface area (Å²) in [7, 11) is 1.87. The largest absolute Gasteiger partial charge is 0.337 e. The molecule has 0 radical (unpaired) electrons. The highest BCUT2D eigenvalue weighted by Crippen LogP contribution is 2.21. The van der Waals surface area contributed by atoms with Crippen molar-refractivity contribution < 1.29 is 4.79 Å².